The van der Waals surface area contributed by atoms with E-state index < -0.39 is 0 Å². The molecule has 2 aromatic carbocycles. The Kier molecular flexibility index (Phi) is 5.94. The molecule has 4 heteroatoms. The Morgan fingerprint density at radius 2 is 1.74 bits per heavy atom. The fourth-order valence-corrected chi connectivity index (χ4v) is 4.92. The van der Waals surface area contributed by atoms with Crippen LogP contribution in [0.1, 0.15) is 48.0 Å². The van der Waals surface area contributed by atoms with Crippen molar-refractivity contribution in [3.8, 4) is 0 Å². The van der Waals surface area contributed by atoms with Crippen LogP contribution in [0.5, 0.6) is 0 Å². The fraction of sp³-hybridized carbons (Fsp3) is 0.435. The van der Waals surface area contributed by atoms with Gasteiger partial charge in [-0.3, -0.25) is 4.90 Å². The van der Waals surface area contributed by atoms with E-state index in [4.69, 9.17) is 4.74 Å². The van der Waals surface area contributed by atoms with Crippen LogP contribution in [0.4, 0.5) is 0 Å². The van der Waals surface area contributed by atoms with Crippen LogP contribution in [0.15, 0.2) is 59.1 Å². The van der Waals surface area contributed by atoms with Gasteiger partial charge in [-0.1, -0.05) is 59.1 Å². The molecule has 1 aliphatic carbocycles. The lowest BCUT2D eigenvalue weighted by Crippen LogP contribution is -2.53. The zero-order valence-corrected chi connectivity index (χ0v) is 17.1. The zero-order chi connectivity index (χ0) is 18.6. The smallest absolute Gasteiger partial charge is 0.338 e. The van der Waals surface area contributed by atoms with E-state index in [0.717, 1.165) is 30.4 Å². The molecule has 3 nitrogen and oxygen atoms in total. The molecule has 0 bridgehead atoms. The summed E-state index contributed by atoms with van der Waals surface area (Å²) in [4.78, 5) is 15.2. The van der Waals surface area contributed by atoms with Crippen molar-refractivity contribution in [1.29, 1.82) is 0 Å². The summed E-state index contributed by atoms with van der Waals surface area (Å²) in [6.45, 7) is 1.99. The third kappa shape index (κ3) is 4.44. The minimum Gasteiger partial charge on any atom is -0.458 e. The zero-order valence-electron chi connectivity index (χ0n) is 15.5. The van der Waals surface area contributed by atoms with E-state index in [1.165, 1.54) is 24.8 Å². The van der Waals surface area contributed by atoms with Crippen LogP contribution in [-0.4, -0.2) is 29.6 Å². The summed E-state index contributed by atoms with van der Waals surface area (Å²) < 4.78 is 6.98. The van der Waals surface area contributed by atoms with Crippen LogP contribution in [0.3, 0.4) is 0 Å². The summed E-state index contributed by atoms with van der Waals surface area (Å²) in [5.41, 5.74) is 2.00. The predicted molar refractivity (Wildman–Crippen MR) is 111 cm³/mol. The van der Waals surface area contributed by atoms with Crippen molar-refractivity contribution in [3.05, 3.63) is 70.2 Å². The Morgan fingerprint density at radius 3 is 2.52 bits per heavy atom. The lowest BCUT2D eigenvalue weighted by molar-refractivity contribution is -0.0557. The molecule has 27 heavy (non-hydrogen) atoms. The largest absolute Gasteiger partial charge is 0.458 e. The average Bonchev–Trinajstić information content (AvgIpc) is 2.71. The highest BCUT2D eigenvalue weighted by atomic mass is 79.9. The number of carbonyl (C=O) groups excluding carboxylic acids is 1. The quantitative estimate of drug-likeness (QED) is 0.608. The normalized spacial score (nSPS) is 25.6. The summed E-state index contributed by atoms with van der Waals surface area (Å²) in [5, 5.41) is 0. The van der Waals surface area contributed by atoms with Crippen molar-refractivity contribution in [3.63, 3.8) is 0 Å². The van der Waals surface area contributed by atoms with Crippen LogP contribution in [-0.2, 0) is 11.3 Å². The molecule has 2 aliphatic rings. The maximum Gasteiger partial charge on any atom is 0.338 e. The molecule has 0 unspecified atom stereocenters. The van der Waals surface area contributed by atoms with Crippen LogP contribution < -0.4 is 0 Å². The molecular weight excluding hydrogens is 402 g/mol. The number of nitrogens with zero attached hydrogens (tertiary/aromatic N) is 1. The molecule has 0 aromatic heterocycles. The number of carbonyl (C=O) groups is 1. The molecule has 0 radical (unpaired) electrons. The molecule has 1 aliphatic heterocycles. The lowest BCUT2D eigenvalue weighted by Gasteiger charge is -2.47. The molecule has 3 atom stereocenters. The molecule has 0 spiro atoms. The monoisotopic (exact) mass is 427 g/mol. The SMILES string of the molecule is O=C(O[C@H]1CCN(Cc2ccccc2)[C@H]2CCCC[C@@H]12)c1ccc(Br)cc1. The molecule has 1 heterocycles. The number of rotatable bonds is 4. The third-order valence-corrected chi connectivity index (χ3v) is 6.52. The van der Waals surface area contributed by atoms with Gasteiger partial charge in [-0.05, 0) is 49.1 Å². The maximum absolute atomic E-state index is 12.6. The highest BCUT2D eigenvalue weighted by Crippen LogP contribution is 2.38. The van der Waals surface area contributed by atoms with E-state index in [9.17, 15) is 4.79 Å². The van der Waals surface area contributed by atoms with E-state index in [-0.39, 0.29) is 12.1 Å². The Morgan fingerprint density at radius 1 is 1.00 bits per heavy atom. The number of esters is 1. The Balaban J connectivity index is 1.44. The molecular formula is C23H26BrNO2. The number of hydrogen-bond acceptors (Lipinski definition) is 3. The summed E-state index contributed by atoms with van der Waals surface area (Å²) in [5.74, 6) is 0.268. The number of fused-ring (bicyclic) bond motifs is 1. The number of piperidine rings is 1. The molecule has 0 amide bonds. The first-order chi connectivity index (χ1) is 13.2. The second kappa shape index (κ2) is 8.57. The van der Waals surface area contributed by atoms with E-state index in [0.29, 0.717) is 17.5 Å². The molecule has 1 saturated carbocycles. The number of likely N-dealkylation sites (tertiary alicyclic amines) is 1. The van der Waals surface area contributed by atoms with Gasteiger partial charge in [0.05, 0.1) is 5.56 Å². The lowest BCUT2D eigenvalue weighted by atomic mass is 9.76. The van der Waals surface area contributed by atoms with Crippen LogP contribution in [0.25, 0.3) is 0 Å². The van der Waals surface area contributed by atoms with E-state index in [1.54, 1.807) is 0 Å². The van der Waals surface area contributed by atoms with E-state index >= 15 is 0 Å². The second-order valence-electron chi connectivity index (χ2n) is 7.71. The first-order valence-electron chi connectivity index (χ1n) is 9.95. The summed E-state index contributed by atoms with van der Waals surface area (Å²) in [7, 11) is 0. The summed E-state index contributed by atoms with van der Waals surface area (Å²) in [6.07, 6.45) is 5.86. The highest BCUT2D eigenvalue weighted by Gasteiger charge is 2.41. The molecule has 142 valence electrons. The first kappa shape index (κ1) is 18.7. The van der Waals surface area contributed by atoms with Gasteiger partial charge >= 0.3 is 5.97 Å². The Hall–Kier alpha value is -1.65. The molecule has 4 rings (SSSR count). The van der Waals surface area contributed by atoms with Crippen molar-refractivity contribution in [1.82, 2.24) is 4.90 Å². The average molecular weight is 428 g/mol. The van der Waals surface area contributed by atoms with Gasteiger partial charge in [0, 0.05) is 29.5 Å². The topological polar surface area (TPSA) is 29.5 Å². The molecule has 2 fully saturated rings. The summed E-state index contributed by atoms with van der Waals surface area (Å²) in [6, 6.07) is 18.7. The molecule has 2 aromatic rings. The van der Waals surface area contributed by atoms with Crippen molar-refractivity contribution >= 4 is 21.9 Å². The van der Waals surface area contributed by atoms with E-state index in [1.807, 2.05) is 24.3 Å². The maximum atomic E-state index is 12.6. The number of hydrogen-bond donors (Lipinski definition) is 0. The fourth-order valence-electron chi connectivity index (χ4n) is 4.65. The Labute approximate surface area is 169 Å². The standard InChI is InChI=1S/C23H26BrNO2/c24-19-12-10-18(11-13-19)23(26)27-22-14-15-25(16-17-6-2-1-3-7-17)21-9-5-4-8-20(21)22/h1-3,6-7,10-13,20-22H,4-5,8-9,14-16H2/t20-,21+,22+/m1/s1. The third-order valence-electron chi connectivity index (χ3n) is 6.00. The van der Waals surface area contributed by atoms with E-state index in [2.05, 4.69) is 51.2 Å². The van der Waals surface area contributed by atoms with Gasteiger partial charge in [-0.15, -0.1) is 0 Å². The number of halogens is 1. The first-order valence-corrected chi connectivity index (χ1v) is 10.7. The van der Waals surface area contributed by atoms with Crippen molar-refractivity contribution in [2.24, 2.45) is 5.92 Å². The van der Waals surface area contributed by atoms with Gasteiger partial charge in [-0.25, -0.2) is 4.79 Å². The molecule has 0 N–H and O–H groups in total. The molecule has 1 saturated heterocycles. The summed E-state index contributed by atoms with van der Waals surface area (Å²) >= 11 is 3.41. The van der Waals surface area contributed by atoms with Crippen LogP contribution in [0.2, 0.25) is 0 Å². The minimum absolute atomic E-state index is 0.0403. The van der Waals surface area contributed by atoms with Crippen LogP contribution >= 0.6 is 15.9 Å². The van der Waals surface area contributed by atoms with Gasteiger partial charge in [0.15, 0.2) is 0 Å². The predicted octanol–water partition coefficient (Wildman–Crippen LogP) is 5.44. The van der Waals surface area contributed by atoms with Gasteiger partial charge < -0.3 is 4.74 Å². The number of benzene rings is 2. The van der Waals surface area contributed by atoms with Gasteiger partial charge in [0.25, 0.3) is 0 Å². The Bertz CT molecular complexity index is 762. The van der Waals surface area contributed by atoms with Crippen LogP contribution in [0, 0.1) is 5.92 Å². The van der Waals surface area contributed by atoms with Crippen molar-refractivity contribution < 1.29 is 9.53 Å². The second-order valence-corrected chi connectivity index (χ2v) is 8.63. The highest BCUT2D eigenvalue weighted by molar-refractivity contribution is 9.10. The van der Waals surface area contributed by atoms with Gasteiger partial charge in [-0.2, -0.15) is 0 Å². The van der Waals surface area contributed by atoms with Gasteiger partial charge in [0.1, 0.15) is 6.10 Å². The van der Waals surface area contributed by atoms with Crippen molar-refractivity contribution in [2.45, 2.75) is 50.8 Å². The van der Waals surface area contributed by atoms with Crippen molar-refractivity contribution in [2.75, 3.05) is 6.54 Å². The number of ether oxygens (including phenoxy) is 1. The minimum atomic E-state index is -0.187. The van der Waals surface area contributed by atoms with Gasteiger partial charge in [0.2, 0.25) is 0 Å².